The van der Waals surface area contributed by atoms with Gasteiger partial charge in [0, 0.05) is 42.5 Å². The summed E-state index contributed by atoms with van der Waals surface area (Å²) in [6.45, 7) is 3.68. The van der Waals surface area contributed by atoms with Gasteiger partial charge in [-0.25, -0.2) is 9.97 Å². The van der Waals surface area contributed by atoms with E-state index in [9.17, 15) is 23.1 Å². The van der Waals surface area contributed by atoms with Crippen LogP contribution in [0.5, 0.6) is 5.88 Å². The molecule has 0 radical (unpaired) electrons. The fourth-order valence-corrected chi connectivity index (χ4v) is 6.06. The number of rotatable bonds is 5. The number of carbonyl (C=O) groups is 1. The highest BCUT2D eigenvalue weighted by Crippen LogP contribution is 2.43. The molecule has 0 spiro atoms. The number of nitrogens with two attached hydrogens (primary N) is 2. The molecular weight excluding hydrogens is 505 g/mol. The fraction of sp³-hybridized carbons (Fsp3) is 0.320. The first-order chi connectivity index (χ1) is 17.6. The molecule has 0 aliphatic carbocycles. The molecule has 1 amide bonds. The Balaban J connectivity index is 1.45. The summed E-state index contributed by atoms with van der Waals surface area (Å²) in [5, 5.41) is 10.8. The van der Waals surface area contributed by atoms with E-state index in [-0.39, 0.29) is 38.5 Å². The lowest BCUT2D eigenvalue weighted by atomic mass is 10.0. The van der Waals surface area contributed by atoms with Crippen molar-refractivity contribution in [3.63, 3.8) is 0 Å². The fourth-order valence-electron chi connectivity index (χ4n) is 5.09. The Labute approximate surface area is 214 Å². The van der Waals surface area contributed by atoms with E-state index in [0.717, 1.165) is 28.5 Å². The van der Waals surface area contributed by atoms with E-state index in [1.54, 1.807) is 6.07 Å². The molecule has 4 aromatic rings. The molecule has 8 nitrogen and oxygen atoms in total. The summed E-state index contributed by atoms with van der Waals surface area (Å²) >= 11 is 0.774. The van der Waals surface area contributed by atoms with E-state index >= 15 is 0 Å². The number of amides is 1. The lowest BCUT2D eigenvalue weighted by Gasteiger charge is -2.40. The van der Waals surface area contributed by atoms with Gasteiger partial charge in [-0.3, -0.25) is 4.79 Å². The summed E-state index contributed by atoms with van der Waals surface area (Å²) in [5.74, 6) is -0.761. The van der Waals surface area contributed by atoms with Crippen molar-refractivity contribution in [2.75, 3.05) is 35.2 Å². The molecule has 1 aliphatic rings. The number of alkyl halides is 3. The Bertz CT molecular complexity index is 1500. The number of halogens is 3. The molecule has 1 aromatic carbocycles. The average molecular weight is 531 g/mol. The number of primary amides is 1. The molecule has 1 saturated heterocycles. The maximum Gasteiger partial charge on any atom is 0.417 e. The molecule has 12 heteroatoms. The summed E-state index contributed by atoms with van der Waals surface area (Å²) in [6.07, 6.45) is -3.33. The Morgan fingerprint density at radius 3 is 2.57 bits per heavy atom. The van der Waals surface area contributed by atoms with Gasteiger partial charge in [-0.2, -0.15) is 13.2 Å². The number of nitrogen functional groups attached to an aromatic ring is 1. The smallest absolute Gasteiger partial charge is 0.417 e. The van der Waals surface area contributed by atoms with Crippen molar-refractivity contribution in [3.05, 3.63) is 46.8 Å². The third-order valence-electron chi connectivity index (χ3n) is 6.77. The minimum Gasteiger partial charge on any atom is -0.493 e. The van der Waals surface area contributed by atoms with E-state index in [1.807, 2.05) is 36.1 Å². The summed E-state index contributed by atoms with van der Waals surface area (Å²) in [6, 6.07) is 10.3. The van der Waals surface area contributed by atoms with Gasteiger partial charge in [0.15, 0.2) is 0 Å². The molecule has 1 aliphatic heterocycles. The Morgan fingerprint density at radius 1 is 1.22 bits per heavy atom. The van der Waals surface area contributed by atoms with E-state index in [2.05, 4.69) is 14.9 Å². The van der Waals surface area contributed by atoms with Crippen molar-refractivity contribution in [1.82, 2.24) is 9.97 Å². The number of aromatic hydroxyl groups is 1. The minimum absolute atomic E-state index is 0.0344. The number of aromatic nitrogens is 2. The van der Waals surface area contributed by atoms with Crippen LogP contribution in [0.4, 0.5) is 30.4 Å². The number of piperidine rings is 1. The molecule has 0 unspecified atom stereocenters. The second kappa shape index (κ2) is 9.25. The maximum atomic E-state index is 14.0. The number of anilines is 3. The Kier molecular flexibility index (Phi) is 6.22. The highest BCUT2D eigenvalue weighted by molar-refractivity contribution is 7.21. The highest BCUT2D eigenvalue weighted by atomic mass is 32.1. The van der Waals surface area contributed by atoms with Crippen LogP contribution in [0, 0.1) is 0 Å². The summed E-state index contributed by atoms with van der Waals surface area (Å²) in [7, 11) is 0. The third kappa shape index (κ3) is 4.45. The number of fused-ring (bicyclic) bond motifs is 2. The molecular formula is C25H25F3N6O2S. The SMILES string of the molecule is CCN(c1cc(O)nc2ccccc12)C1CCN(c2cc(C(F)(F)F)c3c(N)c(C(N)=O)sc3n2)CC1. The average Bonchev–Trinajstić information content (AvgIpc) is 3.20. The lowest BCUT2D eigenvalue weighted by Crippen LogP contribution is -2.45. The Morgan fingerprint density at radius 2 is 1.92 bits per heavy atom. The first-order valence-electron chi connectivity index (χ1n) is 11.8. The van der Waals surface area contributed by atoms with Crippen LogP contribution in [-0.4, -0.2) is 46.7 Å². The molecule has 194 valence electrons. The number of benzene rings is 1. The van der Waals surface area contributed by atoms with Crippen LogP contribution in [0.1, 0.15) is 35.0 Å². The van der Waals surface area contributed by atoms with Gasteiger partial charge in [-0.05, 0) is 31.9 Å². The van der Waals surface area contributed by atoms with Crippen molar-refractivity contribution < 1.29 is 23.1 Å². The largest absolute Gasteiger partial charge is 0.493 e. The van der Waals surface area contributed by atoms with E-state index in [0.29, 0.717) is 38.0 Å². The number of para-hydroxylation sites is 1. The van der Waals surface area contributed by atoms with Gasteiger partial charge in [0.1, 0.15) is 15.5 Å². The van der Waals surface area contributed by atoms with Crippen LogP contribution >= 0.6 is 11.3 Å². The van der Waals surface area contributed by atoms with Crippen LogP contribution in [0.25, 0.3) is 21.1 Å². The van der Waals surface area contributed by atoms with Crippen molar-refractivity contribution in [2.24, 2.45) is 5.73 Å². The molecule has 37 heavy (non-hydrogen) atoms. The van der Waals surface area contributed by atoms with Crippen LogP contribution in [-0.2, 0) is 6.18 Å². The minimum atomic E-state index is -4.68. The third-order valence-corrected chi connectivity index (χ3v) is 7.89. The molecule has 0 saturated carbocycles. The number of hydrogen-bond acceptors (Lipinski definition) is 8. The maximum absolute atomic E-state index is 14.0. The zero-order chi connectivity index (χ0) is 26.5. The molecule has 5 N–H and O–H groups in total. The first kappa shape index (κ1) is 24.9. The van der Waals surface area contributed by atoms with Gasteiger partial charge in [0.05, 0.1) is 22.5 Å². The topological polar surface area (TPSA) is 122 Å². The number of hydrogen-bond donors (Lipinski definition) is 3. The van der Waals surface area contributed by atoms with Gasteiger partial charge in [-0.15, -0.1) is 11.3 Å². The predicted octanol–water partition coefficient (Wildman–Crippen LogP) is 4.75. The second-order valence-corrected chi connectivity index (χ2v) is 9.94. The first-order valence-corrected chi connectivity index (χ1v) is 12.6. The van der Waals surface area contributed by atoms with Gasteiger partial charge in [0.2, 0.25) is 5.88 Å². The molecule has 4 heterocycles. The second-order valence-electron chi connectivity index (χ2n) is 8.94. The van der Waals surface area contributed by atoms with Crippen LogP contribution in [0.15, 0.2) is 36.4 Å². The van der Waals surface area contributed by atoms with Crippen molar-refractivity contribution >= 4 is 55.6 Å². The number of nitrogens with zero attached hydrogens (tertiary/aromatic N) is 4. The van der Waals surface area contributed by atoms with Crippen molar-refractivity contribution in [3.8, 4) is 5.88 Å². The van der Waals surface area contributed by atoms with E-state index in [4.69, 9.17) is 11.5 Å². The number of thiophene rings is 1. The van der Waals surface area contributed by atoms with Gasteiger partial charge in [-0.1, -0.05) is 18.2 Å². The monoisotopic (exact) mass is 530 g/mol. The van der Waals surface area contributed by atoms with Crippen molar-refractivity contribution in [1.29, 1.82) is 0 Å². The predicted molar refractivity (Wildman–Crippen MR) is 139 cm³/mol. The normalized spacial score (nSPS) is 15.0. The number of carbonyl (C=O) groups excluding carboxylic acids is 1. The highest BCUT2D eigenvalue weighted by Gasteiger charge is 2.37. The number of pyridine rings is 2. The van der Waals surface area contributed by atoms with Crippen LogP contribution in [0.2, 0.25) is 0 Å². The zero-order valence-electron chi connectivity index (χ0n) is 19.9. The van der Waals surface area contributed by atoms with E-state index in [1.165, 1.54) is 0 Å². The quantitative estimate of drug-likeness (QED) is 0.341. The standard InChI is InChI=1S/C25H25F3N6O2S/c1-2-34(17-12-19(35)31-16-6-4-3-5-14(16)17)13-7-9-33(10-8-13)18-11-15(25(26,27)28)20-21(29)22(23(30)36)37-24(20)32-18/h3-6,11-13H,2,7-10,29H2,1H3,(H2,30,36)(H,31,35). The van der Waals surface area contributed by atoms with Crippen molar-refractivity contribution in [2.45, 2.75) is 32.0 Å². The molecule has 5 rings (SSSR count). The van der Waals surface area contributed by atoms with Gasteiger partial charge >= 0.3 is 6.18 Å². The molecule has 3 aromatic heterocycles. The zero-order valence-corrected chi connectivity index (χ0v) is 20.7. The molecule has 1 fully saturated rings. The van der Waals surface area contributed by atoms with Crippen LogP contribution < -0.4 is 21.3 Å². The summed E-state index contributed by atoms with van der Waals surface area (Å²) in [4.78, 5) is 24.3. The molecule has 0 atom stereocenters. The van der Waals surface area contributed by atoms with Gasteiger partial charge < -0.3 is 26.4 Å². The Hall–Kier alpha value is -3.80. The van der Waals surface area contributed by atoms with E-state index < -0.39 is 17.6 Å². The summed E-state index contributed by atoms with van der Waals surface area (Å²) in [5.41, 5.74) is 11.5. The van der Waals surface area contributed by atoms with Crippen LogP contribution in [0.3, 0.4) is 0 Å². The van der Waals surface area contributed by atoms with Gasteiger partial charge in [0.25, 0.3) is 5.91 Å². The lowest BCUT2D eigenvalue weighted by molar-refractivity contribution is -0.136. The molecule has 0 bridgehead atoms. The summed E-state index contributed by atoms with van der Waals surface area (Å²) < 4.78 is 41.9.